The Morgan fingerprint density at radius 3 is 2.64 bits per heavy atom. The number of hydrogen-bond acceptors (Lipinski definition) is 5. The second-order valence-electron chi connectivity index (χ2n) is 5.45. The van der Waals surface area contributed by atoms with Gasteiger partial charge in [0.2, 0.25) is 0 Å². The van der Waals surface area contributed by atoms with Crippen LogP contribution in [0.2, 0.25) is 0 Å². The van der Waals surface area contributed by atoms with Gasteiger partial charge in [0.1, 0.15) is 0 Å². The Morgan fingerprint density at radius 1 is 1.09 bits per heavy atom. The second kappa shape index (κ2) is 6.83. The Labute approximate surface area is 130 Å². The summed E-state index contributed by atoms with van der Waals surface area (Å²) in [5, 5.41) is 1.09. The molecule has 5 heteroatoms. The molecule has 0 bridgehead atoms. The highest BCUT2D eigenvalue weighted by Gasteiger charge is 2.16. The molecule has 0 radical (unpaired) electrons. The van der Waals surface area contributed by atoms with Crippen molar-refractivity contribution >= 4 is 16.6 Å². The Morgan fingerprint density at radius 2 is 1.91 bits per heavy atom. The zero-order chi connectivity index (χ0) is 15.4. The average Bonchev–Trinajstić information content (AvgIpc) is 2.59. The molecule has 0 aliphatic carbocycles. The molecule has 0 amide bonds. The van der Waals surface area contributed by atoms with E-state index in [1.807, 2.05) is 18.3 Å². The van der Waals surface area contributed by atoms with Gasteiger partial charge < -0.3 is 19.1 Å². The molecule has 22 heavy (non-hydrogen) atoms. The van der Waals surface area contributed by atoms with Crippen LogP contribution in [0.25, 0.3) is 10.9 Å². The maximum atomic E-state index is 5.63. The topological polar surface area (TPSA) is 43.8 Å². The summed E-state index contributed by atoms with van der Waals surface area (Å²) < 4.78 is 16.0. The minimum Gasteiger partial charge on any atom is -0.493 e. The summed E-state index contributed by atoms with van der Waals surface area (Å²) in [6, 6.07) is 6.01. The largest absolute Gasteiger partial charge is 0.493 e. The zero-order valence-corrected chi connectivity index (χ0v) is 13.2. The molecule has 1 saturated heterocycles. The van der Waals surface area contributed by atoms with E-state index >= 15 is 0 Å². The average molecular weight is 302 g/mol. The third-order valence-electron chi connectivity index (χ3n) is 4.03. The number of aromatic nitrogens is 1. The van der Waals surface area contributed by atoms with E-state index in [4.69, 9.17) is 14.2 Å². The summed E-state index contributed by atoms with van der Waals surface area (Å²) in [7, 11) is 3.24. The zero-order valence-electron chi connectivity index (χ0n) is 13.2. The minimum atomic E-state index is 0.196. The van der Waals surface area contributed by atoms with Crippen LogP contribution in [0, 0.1) is 0 Å². The monoisotopic (exact) mass is 302 g/mol. The lowest BCUT2D eigenvalue weighted by Gasteiger charge is -2.29. The van der Waals surface area contributed by atoms with Crippen LogP contribution in [0.3, 0.4) is 0 Å². The van der Waals surface area contributed by atoms with E-state index in [2.05, 4.69) is 16.0 Å². The molecule has 0 spiro atoms. The van der Waals surface area contributed by atoms with Crippen molar-refractivity contribution in [2.75, 3.05) is 39.0 Å². The van der Waals surface area contributed by atoms with Crippen LogP contribution >= 0.6 is 0 Å². The van der Waals surface area contributed by atoms with Gasteiger partial charge in [-0.25, -0.2) is 0 Å². The summed E-state index contributed by atoms with van der Waals surface area (Å²) in [5.41, 5.74) is 2.14. The van der Waals surface area contributed by atoms with Crippen LogP contribution < -0.4 is 14.4 Å². The summed E-state index contributed by atoms with van der Waals surface area (Å²) >= 11 is 0. The van der Waals surface area contributed by atoms with E-state index in [0.29, 0.717) is 11.5 Å². The Hall–Kier alpha value is -2.01. The first-order valence-electron chi connectivity index (χ1n) is 7.67. The standard InChI is InChI=1S/C17H22N2O3/c1-20-12-22-17-10-13-14(11-16(17)21-2)18-7-6-15(13)19-8-4-3-5-9-19/h6-7,10-11H,3-5,8-9,12H2,1-2H3. The molecule has 0 atom stereocenters. The van der Waals surface area contributed by atoms with Gasteiger partial charge in [0, 0.05) is 43.5 Å². The molecule has 118 valence electrons. The highest BCUT2D eigenvalue weighted by molar-refractivity contribution is 5.94. The quantitative estimate of drug-likeness (QED) is 0.793. The third kappa shape index (κ3) is 2.95. The number of rotatable bonds is 5. The number of piperidine rings is 1. The molecule has 0 unspecified atom stereocenters. The molecule has 2 heterocycles. The molecular formula is C17H22N2O3. The first kappa shape index (κ1) is 14.9. The SMILES string of the molecule is COCOc1cc2c(N3CCCCC3)ccnc2cc1OC. The highest BCUT2D eigenvalue weighted by atomic mass is 16.7. The number of ether oxygens (including phenoxy) is 3. The Balaban J connectivity index is 2.05. The second-order valence-corrected chi connectivity index (χ2v) is 5.45. The maximum absolute atomic E-state index is 5.63. The van der Waals surface area contributed by atoms with E-state index in [9.17, 15) is 0 Å². The smallest absolute Gasteiger partial charge is 0.188 e. The third-order valence-corrected chi connectivity index (χ3v) is 4.03. The highest BCUT2D eigenvalue weighted by Crippen LogP contribution is 2.36. The van der Waals surface area contributed by atoms with Gasteiger partial charge in [-0.05, 0) is 31.4 Å². The summed E-state index contributed by atoms with van der Waals surface area (Å²) in [6.45, 7) is 2.39. The van der Waals surface area contributed by atoms with Crippen molar-refractivity contribution in [1.82, 2.24) is 4.98 Å². The molecule has 1 aliphatic rings. The molecule has 2 aromatic rings. The number of benzene rings is 1. The number of pyridine rings is 1. The molecule has 0 saturated carbocycles. The fourth-order valence-electron chi connectivity index (χ4n) is 2.94. The van der Waals surface area contributed by atoms with Crippen LogP contribution in [0.5, 0.6) is 11.5 Å². The number of anilines is 1. The van der Waals surface area contributed by atoms with Gasteiger partial charge in [0.05, 0.1) is 12.6 Å². The van der Waals surface area contributed by atoms with Crippen molar-refractivity contribution in [3.8, 4) is 11.5 Å². The molecule has 1 aromatic carbocycles. The Kier molecular flexibility index (Phi) is 4.63. The lowest BCUT2D eigenvalue weighted by molar-refractivity contribution is 0.0493. The molecule has 0 N–H and O–H groups in total. The van der Waals surface area contributed by atoms with Gasteiger partial charge in [-0.2, -0.15) is 0 Å². The van der Waals surface area contributed by atoms with E-state index < -0.39 is 0 Å². The Bertz CT molecular complexity index is 639. The molecule has 1 aromatic heterocycles. The van der Waals surface area contributed by atoms with E-state index in [1.165, 1.54) is 24.9 Å². The normalized spacial score (nSPS) is 15.1. The maximum Gasteiger partial charge on any atom is 0.188 e. The van der Waals surface area contributed by atoms with Gasteiger partial charge in [-0.1, -0.05) is 0 Å². The van der Waals surface area contributed by atoms with Crippen molar-refractivity contribution in [3.05, 3.63) is 24.4 Å². The van der Waals surface area contributed by atoms with Gasteiger partial charge >= 0.3 is 0 Å². The fourth-order valence-corrected chi connectivity index (χ4v) is 2.94. The fraction of sp³-hybridized carbons (Fsp3) is 0.471. The van der Waals surface area contributed by atoms with E-state index in [-0.39, 0.29) is 6.79 Å². The molecule has 1 aliphatic heterocycles. The van der Waals surface area contributed by atoms with Gasteiger partial charge in [0.15, 0.2) is 18.3 Å². The number of hydrogen-bond donors (Lipinski definition) is 0. The summed E-state index contributed by atoms with van der Waals surface area (Å²) in [4.78, 5) is 6.90. The van der Waals surface area contributed by atoms with Crippen LogP contribution in [-0.4, -0.2) is 39.1 Å². The number of methoxy groups -OCH3 is 2. The molecule has 3 rings (SSSR count). The number of fused-ring (bicyclic) bond motifs is 1. The van der Waals surface area contributed by atoms with Crippen molar-refractivity contribution in [2.24, 2.45) is 0 Å². The molecule has 1 fully saturated rings. The van der Waals surface area contributed by atoms with Crippen molar-refractivity contribution in [1.29, 1.82) is 0 Å². The van der Waals surface area contributed by atoms with Crippen LogP contribution in [0.4, 0.5) is 5.69 Å². The van der Waals surface area contributed by atoms with Crippen molar-refractivity contribution in [3.63, 3.8) is 0 Å². The van der Waals surface area contributed by atoms with Crippen LogP contribution in [-0.2, 0) is 4.74 Å². The molecular weight excluding hydrogens is 280 g/mol. The lowest BCUT2D eigenvalue weighted by atomic mass is 10.1. The minimum absolute atomic E-state index is 0.196. The van der Waals surface area contributed by atoms with Gasteiger partial charge in [-0.15, -0.1) is 0 Å². The lowest BCUT2D eigenvalue weighted by Crippen LogP contribution is -2.29. The summed E-state index contributed by atoms with van der Waals surface area (Å²) in [5.74, 6) is 1.36. The first-order chi connectivity index (χ1) is 10.8. The van der Waals surface area contributed by atoms with E-state index in [1.54, 1.807) is 14.2 Å². The predicted molar refractivity (Wildman–Crippen MR) is 86.9 cm³/mol. The van der Waals surface area contributed by atoms with Gasteiger partial charge in [0.25, 0.3) is 0 Å². The van der Waals surface area contributed by atoms with E-state index in [0.717, 1.165) is 24.0 Å². The molecule has 5 nitrogen and oxygen atoms in total. The van der Waals surface area contributed by atoms with Gasteiger partial charge in [-0.3, -0.25) is 4.98 Å². The van der Waals surface area contributed by atoms with Crippen LogP contribution in [0.1, 0.15) is 19.3 Å². The van der Waals surface area contributed by atoms with Crippen molar-refractivity contribution < 1.29 is 14.2 Å². The van der Waals surface area contributed by atoms with Crippen molar-refractivity contribution in [2.45, 2.75) is 19.3 Å². The van der Waals surface area contributed by atoms with Crippen LogP contribution in [0.15, 0.2) is 24.4 Å². The first-order valence-corrected chi connectivity index (χ1v) is 7.67. The predicted octanol–water partition coefficient (Wildman–Crippen LogP) is 3.22. The summed E-state index contributed by atoms with van der Waals surface area (Å²) in [6.07, 6.45) is 5.66. The number of nitrogens with zero attached hydrogens (tertiary/aromatic N) is 2.